The number of halogens is 3. The van der Waals surface area contributed by atoms with Gasteiger partial charge in [-0.25, -0.2) is 8.42 Å². The summed E-state index contributed by atoms with van der Waals surface area (Å²) in [6.07, 6.45) is 0. The van der Waals surface area contributed by atoms with Gasteiger partial charge in [-0.2, -0.15) is 17.5 Å². The smallest absolute Gasteiger partial charge is 0.297 e. The highest BCUT2D eigenvalue weighted by Gasteiger charge is 2.53. The normalized spacial score (nSPS) is 20.8. The first-order valence-corrected chi connectivity index (χ1v) is 4.27. The summed E-state index contributed by atoms with van der Waals surface area (Å²) in [7, 11) is -5.26. The molecule has 1 aliphatic rings. The molecule has 1 aliphatic heterocycles. The van der Waals surface area contributed by atoms with Gasteiger partial charge in [-0.1, -0.05) is 0 Å². The Hall–Kier alpha value is -0.630. The fraction of sp³-hybridized carbons (Fsp3) is 0.750. The van der Waals surface area contributed by atoms with E-state index in [0.29, 0.717) is 0 Å². The summed E-state index contributed by atoms with van der Waals surface area (Å²) in [6.45, 7) is -1.33. The van der Waals surface area contributed by atoms with Crippen LogP contribution >= 0.6 is 0 Å². The number of hydrogen-bond donors (Lipinski definition) is 0. The molecule has 12 heavy (non-hydrogen) atoms. The van der Waals surface area contributed by atoms with Crippen LogP contribution in [0.2, 0.25) is 0 Å². The van der Waals surface area contributed by atoms with E-state index in [0.717, 1.165) is 0 Å². The molecule has 0 bridgehead atoms. The zero-order chi connectivity index (χ0) is 9.57. The Morgan fingerprint density at radius 3 is 1.92 bits per heavy atom. The van der Waals surface area contributed by atoms with Gasteiger partial charge in [0.2, 0.25) is 0 Å². The highest BCUT2D eigenvalue weighted by molar-refractivity contribution is 7.90. The molecular weight excluding hydrogens is 199 g/mol. The van der Waals surface area contributed by atoms with E-state index in [9.17, 15) is 26.4 Å². The summed E-state index contributed by atoms with van der Waals surface area (Å²) < 4.78 is 56.0. The first kappa shape index (κ1) is 9.46. The lowest BCUT2D eigenvalue weighted by Gasteiger charge is -2.28. The van der Waals surface area contributed by atoms with E-state index in [-0.39, 0.29) is 4.31 Å². The number of hydrogen-bond acceptors (Lipinski definition) is 3. The molecule has 4 nitrogen and oxygen atoms in total. The molecule has 0 amide bonds. The molecule has 0 atom stereocenters. The summed E-state index contributed by atoms with van der Waals surface area (Å²) in [6, 6.07) is 0. The number of ketones is 1. The number of Topliss-reactive ketones (excluding diaryl/α,β-unsaturated/α-hetero) is 1. The molecule has 0 aliphatic carbocycles. The molecule has 0 N–H and O–H groups in total. The van der Waals surface area contributed by atoms with Crippen molar-refractivity contribution in [3.05, 3.63) is 0 Å². The molecule has 1 rings (SSSR count). The molecule has 8 heteroatoms. The average molecular weight is 203 g/mol. The van der Waals surface area contributed by atoms with Crippen LogP contribution in [-0.2, 0) is 14.8 Å². The molecule has 70 valence electrons. The second-order valence-electron chi connectivity index (χ2n) is 2.26. The number of carbonyl (C=O) groups is 1. The van der Waals surface area contributed by atoms with Crippen molar-refractivity contribution in [2.75, 3.05) is 13.1 Å². The van der Waals surface area contributed by atoms with E-state index in [1.54, 1.807) is 0 Å². The number of nitrogens with zero attached hydrogens (tertiary/aromatic N) is 1. The maximum Gasteiger partial charge on any atom is 0.511 e. The van der Waals surface area contributed by atoms with E-state index in [4.69, 9.17) is 0 Å². The van der Waals surface area contributed by atoms with Crippen molar-refractivity contribution in [1.82, 2.24) is 4.31 Å². The van der Waals surface area contributed by atoms with E-state index in [1.165, 1.54) is 0 Å². The van der Waals surface area contributed by atoms with Gasteiger partial charge in [0.1, 0.15) is 0 Å². The molecule has 0 spiro atoms. The monoisotopic (exact) mass is 203 g/mol. The van der Waals surface area contributed by atoms with Crippen LogP contribution in [0.1, 0.15) is 0 Å². The van der Waals surface area contributed by atoms with Crippen molar-refractivity contribution in [1.29, 1.82) is 0 Å². The zero-order valence-corrected chi connectivity index (χ0v) is 6.44. The van der Waals surface area contributed by atoms with Gasteiger partial charge < -0.3 is 0 Å². The predicted octanol–water partition coefficient (Wildman–Crippen LogP) is -0.279. The summed E-state index contributed by atoms with van der Waals surface area (Å²) in [5.41, 5.74) is -5.30. The SMILES string of the molecule is O=C1CN(S(=O)(=O)C(F)(F)F)C1. The summed E-state index contributed by atoms with van der Waals surface area (Å²) in [4.78, 5) is 10.2. The Morgan fingerprint density at radius 1 is 1.25 bits per heavy atom. The molecule has 0 unspecified atom stereocenters. The fourth-order valence-corrected chi connectivity index (χ4v) is 1.58. The Morgan fingerprint density at radius 2 is 1.67 bits per heavy atom. The molecule has 0 radical (unpaired) electrons. The van der Waals surface area contributed by atoms with Crippen LogP contribution in [0, 0.1) is 0 Å². The van der Waals surface area contributed by atoms with Gasteiger partial charge in [0.25, 0.3) is 0 Å². The standard InChI is InChI=1S/C4H4F3NO3S/c5-4(6,7)12(10,11)8-1-3(9)2-8/h1-2H2. The largest absolute Gasteiger partial charge is 0.511 e. The van der Waals surface area contributed by atoms with Crippen molar-refractivity contribution in [3.8, 4) is 0 Å². The Bertz CT molecular complexity index is 298. The third kappa shape index (κ3) is 1.31. The Kier molecular flexibility index (Phi) is 1.91. The van der Waals surface area contributed by atoms with Crippen LogP contribution < -0.4 is 0 Å². The average Bonchev–Trinajstić information content (AvgIpc) is 1.78. The lowest BCUT2D eigenvalue weighted by atomic mass is 10.3. The number of carbonyl (C=O) groups excluding carboxylic acids is 1. The lowest BCUT2D eigenvalue weighted by Crippen LogP contribution is -2.54. The highest BCUT2D eigenvalue weighted by atomic mass is 32.2. The van der Waals surface area contributed by atoms with E-state index in [1.807, 2.05) is 0 Å². The number of rotatable bonds is 1. The number of sulfonamides is 1. The summed E-state index contributed by atoms with van der Waals surface area (Å²) in [5, 5.41) is 0. The van der Waals surface area contributed by atoms with Crippen LogP contribution in [0.3, 0.4) is 0 Å². The first-order valence-electron chi connectivity index (χ1n) is 2.83. The topological polar surface area (TPSA) is 54.5 Å². The number of alkyl halides is 3. The predicted molar refractivity (Wildman–Crippen MR) is 31.6 cm³/mol. The molecular formula is C4H4F3NO3S. The third-order valence-electron chi connectivity index (χ3n) is 1.34. The Labute approximate surface area is 66.0 Å². The van der Waals surface area contributed by atoms with Gasteiger partial charge in [-0.05, 0) is 0 Å². The third-order valence-corrected chi connectivity index (χ3v) is 2.86. The van der Waals surface area contributed by atoms with Crippen LogP contribution in [0.4, 0.5) is 13.2 Å². The minimum Gasteiger partial charge on any atom is -0.297 e. The van der Waals surface area contributed by atoms with Crippen LogP contribution in [0.5, 0.6) is 0 Å². The molecule has 1 saturated heterocycles. The van der Waals surface area contributed by atoms with Gasteiger partial charge in [-0.15, -0.1) is 0 Å². The second-order valence-corrected chi connectivity index (χ2v) is 4.19. The molecule has 1 fully saturated rings. The summed E-state index contributed by atoms with van der Waals surface area (Å²) >= 11 is 0. The molecule has 1 heterocycles. The minimum absolute atomic E-state index is 0.0926. The van der Waals surface area contributed by atoms with Crippen LogP contribution in [0.15, 0.2) is 0 Å². The van der Waals surface area contributed by atoms with Gasteiger partial charge in [0, 0.05) is 0 Å². The quantitative estimate of drug-likeness (QED) is 0.589. The lowest BCUT2D eigenvalue weighted by molar-refractivity contribution is -0.126. The van der Waals surface area contributed by atoms with Crippen molar-refractivity contribution in [2.45, 2.75) is 5.51 Å². The van der Waals surface area contributed by atoms with Crippen LogP contribution in [0.25, 0.3) is 0 Å². The minimum atomic E-state index is -5.30. The van der Waals surface area contributed by atoms with Gasteiger partial charge in [0.15, 0.2) is 5.78 Å². The van der Waals surface area contributed by atoms with Crippen LogP contribution in [-0.4, -0.2) is 37.1 Å². The second kappa shape index (κ2) is 2.43. The van der Waals surface area contributed by atoms with Gasteiger partial charge in [-0.3, -0.25) is 4.79 Å². The zero-order valence-electron chi connectivity index (χ0n) is 5.63. The van der Waals surface area contributed by atoms with Gasteiger partial charge >= 0.3 is 15.5 Å². The van der Waals surface area contributed by atoms with E-state index < -0.39 is 34.4 Å². The summed E-state index contributed by atoms with van der Waals surface area (Å²) in [5.74, 6) is -0.511. The fourth-order valence-electron chi connectivity index (χ4n) is 0.663. The first-order chi connectivity index (χ1) is 5.25. The van der Waals surface area contributed by atoms with E-state index >= 15 is 0 Å². The van der Waals surface area contributed by atoms with Crippen molar-refractivity contribution < 1.29 is 26.4 Å². The maximum atomic E-state index is 11.7. The van der Waals surface area contributed by atoms with Gasteiger partial charge in [0.05, 0.1) is 13.1 Å². The highest BCUT2D eigenvalue weighted by Crippen LogP contribution is 2.28. The van der Waals surface area contributed by atoms with Crippen molar-refractivity contribution in [3.63, 3.8) is 0 Å². The molecule has 0 aromatic rings. The Balaban J connectivity index is 2.82. The molecule has 0 aromatic carbocycles. The van der Waals surface area contributed by atoms with E-state index in [2.05, 4.69) is 0 Å². The maximum absolute atomic E-state index is 11.7. The molecule has 0 saturated carbocycles. The van der Waals surface area contributed by atoms with Crippen molar-refractivity contribution >= 4 is 15.8 Å². The molecule has 0 aromatic heterocycles. The van der Waals surface area contributed by atoms with Crippen molar-refractivity contribution in [2.24, 2.45) is 0 Å².